The highest BCUT2D eigenvalue weighted by molar-refractivity contribution is 5.83. The van der Waals surface area contributed by atoms with E-state index >= 15 is 0 Å². The molecule has 2 heterocycles. The summed E-state index contributed by atoms with van der Waals surface area (Å²) < 4.78 is 30.4. The van der Waals surface area contributed by atoms with Gasteiger partial charge in [0, 0.05) is 6.92 Å². The first-order chi connectivity index (χ1) is 13.2. The summed E-state index contributed by atoms with van der Waals surface area (Å²) in [6.07, 6.45) is -2.13. The molecule has 2 N–H and O–H groups in total. The predicted molar refractivity (Wildman–Crippen MR) is 94.1 cm³/mol. The molecule has 0 aliphatic carbocycles. The van der Waals surface area contributed by atoms with Crippen LogP contribution in [0.25, 0.3) is 0 Å². The van der Waals surface area contributed by atoms with E-state index in [0.29, 0.717) is 6.42 Å². The second-order valence-electron chi connectivity index (χ2n) is 6.39. The van der Waals surface area contributed by atoms with Gasteiger partial charge in [0.05, 0.1) is 18.9 Å². The lowest BCUT2D eigenvalue weighted by molar-refractivity contribution is -0.156. The van der Waals surface area contributed by atoms with E-state index in [-0.39, 0.29) is 6.61 Å². The molecule has 1 amide bonds. The second kappa shape index (κ2) is 9.60. The molecule has 1 aromatic heterocycles. The van der Waals surface area contributed by atoms with E-state index in [4.69, 9.17) is 14.2 Å². The standard InChI is InChI=1S/C17H24FN3O7/c1-4-5-6-7-26-17(25)20-14-11(18)8-21(16(24)19-14)15-13(28-10(3)22)12(23)9(2)27-15/h8-9,12-13,15,23H,4-7H2,1-3H3,(H,19,20,24,25)/t9-,12-,13-,15-/m1/s1. The second-order valence-corrected chi connectivity index (χ2v) is 6.39. The van der Waals surface area contributed by atoms with Crippen molar-refractivity contribution in [2.45, 2.75) is 64.6 Å². The van der Waals surface area contributed by atoms with Crippen molar-refractivity contribution in [1.82, 2.24) is 9.55 Å². The molecule has 0 bridgehead atoms. The van der Waals surface area contributed by atoms with Crippen LogP contribution >= 0.6 is 0 Å². The smallest absolute Gasteiger partial charge is 0.412 e. The highest BCUT2D eigenvalue weighted by Crippen LogP contribution is 2.31. The van der Waals surface area contributed by atoms with Crippen LogP contribution in [-0.2, 0) is 19.0 Å². The summed E-state index contributed by atoms with van der Waals surface area (Å²) in [6.45, 7) is 4.80. The topological polar surface area (TPSA) is 129 Å². The number of anilines is 1. The van der Waals surface area contributed by atoms with Crippen molar-refractivity contribution >= 4 is 17.9 Å². The molecule has 1 aromatic rings. The Bertz CT molecular complexity index is 770. The molecule has 28 heavy (non-hydrogen) atoms. The molecule has 1 aliphatic rings. The van der Waals surface area contributed by atoms with E-state index in [1.165, 1.54) is 6.92 Å². The maximum absolute atomic E-state index is 14.4. The molecular formula is C17H24FN3O7. The van der Waals surface area contributed by atoms with Crippen molar-refractivity contribution in [3.8, 4) is 0 Å². The molecule has 2 rings (SSSR count). The van der Waals surface area contributed by atoms with Crippen molar-refractivity contribution in [2.75, 3.05) is 11.9 Å². The van der Waals surface area contributed by atoms with Gasteiger partial charge in [0.2, 0.25) is 0 Å². The quantitative estimate of drug-likeness (QED) is 0.517. The van der Waals surface area contributed by atoms with Crippen LogP contribution in [0.2, 0.25) is 0 Å². The Balaban J connectivity index is 2.15. The van der Waals surface area contributed by atoms with E-state index in [2.05, 4.69) is 10.3 Å². The number of nitrogens with zero attached hydrogens (tertiary/aromatic N) is 2. The van der Waals surface area contributed by atoms with E-state index in [1.54, 1.807) is 0 Å². The minimum atomic E-state index is -1.27. The Kier molecular flexibility index (Phi) is 7.46. The number of nitrogens with one attached hydrogen (secondary N) is 1. The molecule has 4 atom stereocenters. The maximum atomic E-state index is 14.4. The molecule has 10 nitrogen and oxygen atoms in total. The fourth-order valence-corrected chi connectivity index (χ4v) is 2.72. The molecule has 1 saturated heterocycles. The number of hydrogen-bond donors (Lipinski definition) is 2. The third kappa shape index (κ3) is 5.26. The monoisotopic (exact) mass is 401 g/mol. The molecule has 0 unspecified atom stereocenters. The van der Waals surface area contributed by atoms with Gasteiger partial charge in [-0.2, -0.15) is 4.98 Å². The van der Waals surface area contributed by atoms with Gasteiger partial charge >= 0.3 is 17.8 Å². The first-order valence-electron chi connectivity index (χ1n) is 8.97. The average Bonchev–Trinajstić information content (AvgIpc) is 2.89. The summed E-state index contributed by atoms with van der Waals surface area (Å²) in [4.78, 5) is 38.7. The summed E-state index contributed by atoms with van der Waals surface area (Å²) in [5, 5.41) is 12.2. The summed E-state index contributed by atoms with van der Waals surface area (Å²) in [5.41, 5.74) is -0.967. The number of rotatable bonds is 7. The zero-order valence-corrected chi connectivity index (χ0v) is 15.9. The zero-order valence-electron chi connectivity index (χ0n) is 15.9. The Labute approximate surface area is 160 Å². The summed E-state index contributed by atoms with van der Waals surface area (Å²) >= 11 is 0. The van der Waals surface area contributed by atoms with E-state index in [0.717, 1.165) is 30.5 Å². The van der Waals surface area contributed by atoms with E-state index in [1.807, 2.05) is 6.92 Å². The van der Waals surface area contributed by atoms with Gasteiger partial charge in [-0.25, -0.2) is 14.0 Å². The van der Waals surface area contributed by atoms with Gasteiger partial charge in [-0.1, -0.05) is 19.8 Å². The number of halogens is 1. The van der Waals surface area contributed by atoms with Crippen LogP contribution in [0.3, 0.4) is 0 Å². The SMILES string of the molecule is CCCCCOC(=O)Nc1nc(=O)n([C@@H]2O[C@H](C)[C@@H](O)[C@H]2OC(C)=O)cc1F. The largest absolute Gasteiger partial charge is 0.455 e. The number of carbonyl (C=O) groups is 2. The van der Waals surface area contributed by atoms with Crippen LogP contribution in [-0.4, -0.2) is 51.6 Å². The first kappa shape index (κ1) is 21.8. The van der Waals surface area contributed by atoms with Crippen LogP contribution in [0, 0.1) is 5.82 Å². The Hall–Kier alpha value is -2.53. The number of ether oxygens (including phenoxy) is 3. The normalized spacial score (nSPS) is 24.0. The van der Waals surface area contributed by atoms with Crippen LogP contribution in [0.15, 0.2) is 11.0 Å². The van der Waals surface area contributed by atoms with Gasteiger partial charge in [0.1, 0.15) is 6.10 Å². The molecule has 0 radical (unpaired) electrons. The number of carbonyl (C=O) groups excluding carboxylic acids is 2. The van der Waals surface area contributed by atoms with Crippen LogP contribution in [0.4, 0.5) is 15.0 Å². The number of amides is 1. The first-order valence-corrected chi connectivity index (χ1v) is 8.97. The molecule has 0 spiro atoms. The third-order valence-electron chi connectivity index (χ3n) is 4.14. The number of unbranched alkanes of at least 4 members (excludes halogenated alkanes) is 2. The summed E-state index contributed by atoms with van der Waals surface area (Å²) in [7, 11) is 0. The number of esters is 1. The number of aliphatic hydroxyl groups is 1. The van der Waals surface area contributed by atoms with Crippen LogP contribution < -0.4 is 11.0 Å². The Morgan fingerprint density at radius 1 is 1.43 bits per heavy atom. The fraction of sp³-hybridized carbons (Fsp3) is 0.647. The predicted octanol–water partition coefficient (Wildman–Crippen LogP) is 1.33. The van der Waals surface area contributed by atoms with Crippen molar-refractivity contribution in [2.24, 2.45) is 0 Å². The molecule has 1 aliphatic heterocycles. The summed E-state index contributed by atoms with van der Waals surface area (Å²) in [5.74, 6) is -2.32. The van der Waals surface area contributed by atoms with Crippen molar-refractivity contribution < 1.29 is 33.3 Å². The third-order valence-corrected chi connectivity index (χ3v) is 4.14. The number of hydrogen-bond acceptors (Lipinski definition) is 8. The highest BCUT2D eigenvalue weighted by atomic mass is 19.1. The van der Waals surface area contributed by atoms with E-state index < -0.39 is 53.9 Å². The lowest BCUT2D eigenvalue weighted by Gasteiger charge is -2.21. The van der Waals surface area contributed by atoms with Gasteiger partial charge in [0.25, 0.3) is 0 Å². The van der Waals surface area contributed by atoms with Crippen LogP contribution in [0.5, 0.6) is 0 Å². The minimum absolute atomic E-state index is 0.161. The molecule has 0 aromatic carbocycles. The Morgan fingerprint density at radius 3 is 2.79 bits per heavy atom. The molecule has 1 fully saturated rings. The highest BCUT2D eigenvalue weighted by Gasteiger charge is 2.45. The zero-order chi connectivity index (χ0) is 20.8. The van der Waals surface area contributed by atoms with Gasteiger partial charge in [-0.15, -0.1) is 0 Å². The molecule has 0 saturated carbocycles. The van der Waals surface area contributed by atoms with Crippen LogP contribution in [0.1, 0.15) is 46.3 Å². The lowest BCUT2D eigenvalue weighted by Crippen LogP contribution is -2.38. The fourth-order valence-electron chi connectivity index (χ4n) is 2.72. The average molecular weight is 401 g/mol. The van der Waals surface area contributed by atoms with Gasteiger partial charge in [-0.3, -0.25) is 14.7 Å². The van der Waals surface area contributed by atoms with Crippen molar-refractivity contribution in [1.29, 1.82) is 0 Å². The van der Waals surface area contributed by atoms with Crippen molar-refractivity contribution in [3.05, 3.63) is 22.5 Å². The van der Waals surface area contributed by atoms with Gasteiger partial charge in [-0.05, 0) is 13.3 Å². The van der Waals surface area contributed by atoms with E-state index in [9.17, 15) is 23.9 Å². The van der Waals surface area contributed by atoms with Crippen molar-refractivity contribution in [3.63, 3.8) is 0 Å². The molecule has 11 heteroatoms. The number of aliphatic hydroxyl groups excluding tert-OH is 1. The molecule has 156 valence electrons. The summed E-state index contributed by atoms with van der Waals surface area (Å²) in [6, 6.07) is 0. The Morgan fingerprint density at radius 2 is 2.14 bits per heavy atom. The van der Waals surface area contributed by atoms with Gasteiger partial charge in [0.15, 0.2) is 24.0 Å². The number of aromatic nitrogens is 2. The minimum Gasteiger partial charge on any atom is -0.455 e. The maximum Gasteiger partial charge on any atom is 0.412 e. The van der Waals surface area contributed by atoms with Gasteiger partial charge < -0.3 is 19.3 Å². The molecular weight excluding hydrogens is 377 g/mol. The lowest BCUT2D eigenvalue weighted by atomic mass is 10.1.